The number of hydrogen-bond donors (Lipinski definition) is 2. The number of benzene rings is 1. The zero-order chi connectivity index (χ0) is 13.1. The number of rotatable bonds is 2. The predicted octanol–water partition coefficient (Wildman–Crippen LogP) is 2.09. The molecule has 1 aromatic carbocycles. The average Bonchev–Trinajstić information content (AvgIpc) is 2.48. The molecule has 1 aliphatic rings. The van der Waals surface area contributed by atoms with Crippen LogP contribution in [0.15, 0.2) is 36.8 Å². The molecule has 0 atom stereocenters. The van der Waals surface area contributed by atoms with Crippen molar-refractivity contribution >= 4 is 17.3 Å². The van der Waals surface area contributed by atoms with Gasteiger partial charge in [0, 0.05) is 30.3 Å². The number of amides is 1. The third kappa shape index (κ3) is 2.54. The van der Waals surface area contributed by atoms with E-state index in [4.69, 9.17) is 0 Å². The second-order valence-corrected chi connectivity index (χ2v) is 4.45. The number of carbonyl (C=O) groups excluding carboxylic acids is 1. The highest BCUT2D eigenvalue weighted by Crippen LogP contribution is 2.25. The van der Waals surface area contributed by atoms with Crippen molar-refractivity contribution in [2.75, 3.05) is 17.2 Å². The highest BCUT2D eigenvalue weighted by Gasteiger charge is 2.11. The summed E-state index contributed by atoms with van der Waals surface area (Å²) in [5.41, 5.74) is 3.48. The van der Waals surface area contributed by atoms with Crippen LogP contribution in [0, 0.1) is 0 Å². The number of hydrogen-bond acceptors (Lipinski definition) is 4. The van der Waals surface area contributed by atoms with Crippen molar-refractivity contribution in [3.63, 3.8) is 0 Å². The molecule has 1 aliphatic heterocycles. The van der Waals surface area contributed by atoms with Gasteiger partial charge < -0.3 is 10.6 Å². The summed E-state index contributed by atoms with van der Waals surface area (Å²) in [6, 6.07) is 5.93. The number of aromatic nitrogens is 2. The minimum atomic E-state index is -0.246. The van der Waals surface area contributed by atoms with Crippen LogP contribution < -0.4 is 10.6 Å². The van der Waals surface area contributed by atoms with Crippen molar-refractivity contribution in [2.45, 2.75) is 12.8 Å². The third-order valence-corrected chi connectivity index (χ3v) is 3.10. The van der Waals surface area contributed by atoms with Crippen LogP contribution in [0.25, 0.3) is 0 Å². The highest BCUT2D eigenvalue weighted by atomic mass is 16.1. The summed E-state index contributed by atoms with van der Waals surface area (Å²) in [4.78, 5) is 19.8. The van der Waals surface area contributed by atoms with Crippen LogP contribution >= 0.6 is 0 Å². The SMILES string of the molecule is O=C(Nc1ccc2c(c1)NCCC2)c1cnccn1. The fourth-order valence-electron chi connectivity index (χ4n) is 2.15. The average molecular weight is 254 g/mol. The largest absolute Gasteiger partial charge is 0.385 e. The maximum Gasteiger partial charge on any atom is 0.275 e. The number of nitrogens with zero attached hydrogens (tertiary/aromatic N) is 2. The lowest BCUT2D eigenvalue weighted by Crippen LogP contribution is -2.15. The van der Waals surface area contributed by atoms with Gasteiger partial charge in [-0.1, -0.05) is 6.07 Å². The van der Waals surface area contributed by atoms with Gasteiger partial charge in [0.25, 0.3) is 5.91 Å². The molecule has 0 spiro atoms. The number of aryl methyl sites for hydroxylation is 1. The van der Waals surface area contributed by atoms with Crippen molar-refractivity contribution in [1.82, 2.24) is 9.97 Å². The van der Waals surface area contributed by atoms with Crippen LogP contribution in [-0.2, 0) is 6.42 Å². The summed E-state index contributed by atoms with van der Waals surface area (Å²) in [6.07, 6.45) is 6.73. The zero-order valence-corrected chi connectivity index (χ0v) is 10.4. The van der Waals surface area contributed by atoms with Gasteiger partial charge in [0.2, 0.25) is 0 Å². The van der Waals surface area contributed by atoms with E-state index < -0.39 is 0 Å². The summed E-state index contributed by atoms with van der Waals surface area (Å²) in [5, 5.41) is 6.16. The number of fused-ring (bicyclic) bond motifs is 1. The van der Waals surface area contributed by atoms with E-state index in [1.807, 2.05) is 18.2 Å². The predicted molar refractivity (Wildman–Crippen MR) is 73.2 cm³/mol. The molecule has 0 saturated carbocycles. The van der Waals surface area contributed by atoms with Crippen LogP contribution in [0.3, 0.4) is 0 Å². The molecular formula is C14H14N4O. The third-order valence-electron chi connectivity index (χ3n) is 3.10. The van der Waals surface area contributed by atoms with Crippen LogP contribution in [0.1, 0.15) is 22.5 Å². The molecule has 0 fully saturated rings. The molecule has 0 aliphatic carbocycles. The van der Waals surface area contributed by atoms with E-state index in [0.29, 0.717) is 5.69 Å². The molecule has 5 nitrogen and oxygen atoms in total. The van der Waals surface area contributed by atoms with E-state index in [9.17, 15) is 4.79 Å². The topological polar surface area (TPSA) is 66.9 Å². The second kappa shape index (κ2) is 5.06. The Morgan fingerprint density at radius 2 is 2.26 bits per heavy atom. The Labute approximate surface area is 111 Å². The van der Waals surface area contributed by atoms with Crippen molar-refractivity contribution in [3.05, 3.63) is 48.0 Å². The first-order valence-electron chi connectivity index (χ1n) is 6.27. The van der Waals surface area contributed by atoms with Gasteiger partial charge in [0.05, 0.1) is 6.20 Å². The van der Waals surface area contributed by atoms with E-state index in [-0.39, 0.29) is 5.91 Å². The molecular weight excluding hydrogens is 240 g/mol. The minimum absolute atomic E-state index is 0.246. The summed E-state index contributed by atoms with van der Waals surface area (Å²) in [5.74, 6) is -0.246. The maximum atomic E-state index is 11.9. The summed E-state index contributed by atoms with van der Waals surface area (Å²) in [6.45, 7) is 0.981. The van der Waals surface area contributed by atoms with Gasteiger partial charge in [-0.05, 0) is 30.5 Å². The van der Waals surface area contributed by atoms with Crippen LogP contribution in [-0.4, -0.2) is 22.4 Å². The Balaban J connectivity index is 1.78. The maximum absolute atomic E-state index is 11.9. The first-order valence-corrected chi connectivity index (χ1v) is 6.27. The van der Waals surface area contributed by atoms with E-state index in [2.05, 4.69) is 20.6 Å². The van der Waals surface area contributed by atoms with E-state index >= 15 is 0 Å². The summed E-state index contributed by atoms with van der Waals surface area (Å²) < 4.78 is 0. The zero-order valence-electron chi connectivity index (χ0n) is 10.4. The monoisotopic (exact) mass is 254 g/mol. The lowest BCUT2D eigenvalue weighted by molar-refractivity contribution is 0.102. The van der Waals surface area contributed by atoms with Crippen molar-refractivity contribution in [3.8, 4) is 0 Å². The molecule has 1 amide bonds. The van der Waals surface area contributed by atoms with Gasteiger partial charge in [-0.25, -0.2) is 4.98 Å². The smallest absolute Gasteiger partial charge is 0.275 e. The molecule has 19 heavy (non-hydrogen) atoms. The van der Waals surface area contributed by atoms with Crippen LogP contribution in [0.4, 0.5) is 11.4 Å². The number of anilines is 2. The van der Waals surface area contributed by atoms with Gasteiger partial charge in [0.15, 0.2) is 0 Å². The fourth-order valence-corrected chi connectivity index (χ4v) is 2.15. The molecule has 5 heteroatoms. The van der Waals surface area contributed by atoms with Crippen molar-refractivity contribution < 1.29 is 4.79 Å². The van der Waals surface area contributed by atoms with Crippen molar-refractivity contribution in [2.24, 2.45) is 0 Å². The quantitative estimate of drug-likeness (QED) is 0.861. The molecule has 0 radical (unpaired) electrons. The molecule has 0 bridgehead atoms. The number of carbonyl (C=O) groups is 1. The number of nitrogens with one attached hydrogen (secondary N) is 2. The van der Waals surface area contributed by atoms with Gasteiger partial charge in [-0.3, -0.25) is 9.78 Å². The fraction of sp³-hybridized carbons (Fsp3) is 0.214. The molecule has 2 N–H and O–H groups in total. The first kappa shape index (κ1) is 11.6. The highest BCUT2D eigenvalue weighted by molar-refractivity contribution is 6.02. The van der Waals surface area contributed by atoms with Crippen LogP contribution in [0.2, 0.25) is 0 Å². The Morgan fingerprint density at radius 1 is 1.32 bits per heavy atom. The standard InChI is InChI=1S/C14H14N4O/c19-14(13-9-15-6-7-17-13)18-11-4-3-10-2-1-5-16-12(10)8-11/h3-4,6-9,16H,1-2,5H2,(H,18,19). The summed E-state index contributed by atoms with van der Waals surface area (Å²) >= 11 is 0. The Morgan fingerprint density at radius 3 is 3.11 bits per heavy atom. The second-order valence-electron chi connectivity index (χ2n) is 4.45. The Kier molecular flexibility index (Phi) is 3.10. The van der Waals surface area contributed by atoms with Gasteiger partial charge in [-0.15, -0.1) is 0 Å². The van der Waals surface area contributed by atoms with Gasteiger partial charge in [-0.2, -0.15) is 0 Å². The van der Waals surface area contributed by atoms with Gasteiger partial charge >= 0.3 is 0 Å². The normalized spacial score (nSPS) is 13.3. The van der Waals surface area contributed by atoms with Crippen molar-refractivity contribution in [1.29, 1.82) is 0 Å². The lowest BCUT2D eigenvalue weighted by Gasteiger charge is -2.18. The molecule has 0 unspecified atom stereocenters. The van der Waals surface area contributed by atoms with E-state index in [1.54, 1.807) is 6.20 Å². The van der Waals surface area contributed by atoms with E-state index in [0.717, 1.165) is 30.8 Å². The lowest BCUT2D eigenvalue weighted by atomic mass is 10.0. The minimum Gasteiger partial charge on any atom is -0.385 e. The molecule has 0 saturated heterocycles. The van der Waals surface area contributed by atoms with Gasteiger partial charge in [0.1, 0.15) is 5.69 Å². The Hall–Kier alpha value is -2.43. The Bertz CT molecular complexity index is 598. The van der Waals surface area contributed by atoms with Crippen LogP contribution in [0.5, 0.6) is 0 Å². The summed E-state index contributed by atoms with van der Waals surface area (Å²) in [7, 11) is 0. The van der Waals surface area contributed by atoms with E-state index in [1.165, 1.54) is 18.0 Å². The molecule has 3 rings (SSSR count). The molecule has 1 aromatic heterocycles. The first-order chi connectivity index (χ1) is 9.33. The molecule has 2 heterocycles. The molecule has 96 valence electrons. The molecule has 2 aromatic rings.